The topological polar surface area (TPSA) is 86.6 Å². The first-order chi connectivity index (χ1) is 8.04. The number of carboxylic acids is 1. The molecule has 0 bridgehead atoms. The van der Waals surface area contributed by atoms with E-state index in [0.29, 0.717) is 11.6 Å². The van der Waals surface area contributed by atoms with Crippen LogP contribution in [0, 0.1) is 0 Å². The number of anilines is 1. The van der Waals surface area contributed by atoms with Crippen molar-refractivity contribution in [3.63, 3.8) is 0 Å². The fourth-order valence-corrected chi connectivity index (χ4v) is 2.84. The minimum absolute atomic E-state index is 0.00432. The summed E-state index contributed by atoms with van der Waals surface area (Å²) < 4.78 is 0.885. The van der Waals surface area contributed by atoms with E-state index in [4.69, 9.17) is 5.11 Å². The Morgan fingerprint density at radius 3 is 3.12 bits per heavy atom. The first-order valence-electron chi connectivity index (χ1n) is 4.98. The summed E-state index contributed by atoms with van der Waals surface area (Å²) in [5, 5.41) is 15.7. The van der Waals surface area contributed by atoms with E-state index < -0.39 is 5.97 Å². The second-order valence-corrected chi connectivity index (χ2v) is 5.53. The van der Waals surface area contributed by atoms with E-state index in [1.54, 1.807) is 0 Å². The van der Waals surface area contributed by atoms with Crippen LogP contribution in [0.2, 0.25) is 0 Å². The fraction of sp³-hybridized carbons (Fsp3) is 0.444. The minimum atomic E-state index is -0.955. The summed E-state index contributed by atoms with van der Waals surface area (Å²) in [5.41, 5.74) is 0. The summed E-state index contributed by atoms with van der Waals surface area (Å²) in [6.45, 7) is 1.94. The molecular formula is C9H11BrN4O2S. The van der Waals surface area contributed by atoms with E-state index in [2.05, 4.69) is 36.5 Å². The molecule has 1 aliphatic rings. The molecule has 0 saturated carbocycles. The van der Waals surface area contributed by atoms with Gasteiger partial charge in [0.1, 0.15) is 4.88 Å². The van der Waals surface area contributed by atoms with Crippen molar-refractivity contribution in [1.29, 1.82) is 0 Å². The smallest absolute Gasteiger partial charge is 0.347 e. The van der Waals surface area contributed by atoms with Gasteiger partial charge in [-0.05, 0) is 22.9 Å². The van der Waals surface area contributed by atoms with Crippen LogP contribution in [-0.4, -0.2) is 33.0 Å². The maximum atomic E-state index is 10.7. The number of thiazole rings is 1. The van der Waals surface area contributed by atoms with Crippen molar-refractivity contribution in [3.05, 3.63) is 11.1 Å². The molecule has 0 radical (unpaired) electrons. The molecule has 1 aromatic rings. The van der Waals surface area contributed by atoms with Crippen LogP contribution >= 0.6 is 27.3 Å². The van der Waals surface area contributed by atoms with E-state index >= 15 is 0 Å². The highest BCUT2D eigenvalue weighted by Gasteiger charge is 2.20. The van der Waals surface area contributed by atoms with Crippen LogP contribution in [0.4, 0.5) is 5.13 Å². The number of halogens is 1. The SMILES string of the molecule is C[C@@H]1N=C(Br)C[C@H](Nc2ncc(C(=O)O)s2)N1. The Morgan fingerprint density at radius 2 is 2.53 bits per heavy atom. The molecule has 0 aromatic carbocycles. The molecule has 1 aromatic heterocycles. The highest BCUT2D eigenvalue weighted by molar-refractivity contribution is 9.18. The molecule has 0 spiro atoms. The minimum Gasteiger partial charge on any atom is -0.477 e. The van der Waals surface area contributed by atoms with Gasteiger partial charge in [-0.1, -0.05) is 11.3 Å². The molecule has 0 saturated heterocycles. The molecule has 3 N–H and O–H groups in total. The van der Waals surface area contributed by atoms with Crippen molar-refractivity contribution >= 4 is 43.0 Å². The molecule has 1 aliphatic heterocycles. The Kier molecular flexibility index (Phi) is 3.75. The third-order valence-corrected chi connectivity index (χ3v) is 3.61. The second-order valence-electron chi connectivity index (χ2n) is 3.58. The van der Waals surface area contributed by atoms with Crippen LogP contribution < -0.4 is 10.6 Å². The molecule has 92 valence electrons. The number of nitrogens with zero attached hydrogens (tertiary/aromatic N) is 2. The lowest BCUT2D eigenvalue weighted by Gasteiger charge is -2.26. The summed E-state index contributed by atoms with van der Waals surface area (Å²) in [7, 11) is 0. The van der Waals surface area contributed by atoms with Crippen LogP contribution in [0.1, 0.15) is 23.0 Å². The van der Waals surface area contributed by atoms with E-state index in [-0.39, 0.29) is 17.2 Å². The van der Waals surface area contributed by atoms with Crippen LogP contribution in [0.3, 0.4) is 0 Å². The van der Waals surface area contributed by atoms with E-state index in [1.165, 1.54) is 6.20 Å². The number of nitrogens with one attached hydrogen (secondary N) is 2. The molecule has 8 heteroatoms. The molecule has 0 amide bonds. The van der Waals surface area contributed by atoms with Gasteiger partial charge in [0.15, 0.2) is 5.13 Å². The Morgan fingerprint density at radius 1 is 1.76 bits per heavy atom. The van der Waals surface area contributed by atoms with Crippen LogP contribution in [0.25, 0.3) is 0 Å². The average molecular weight is 319 g/mol. The zero-order valence-corrected chi connectivity index (χ0v) is 11.4. The third-order valence-electron chi connectivity index (χ3n) is 2.16. The van der Waals surface area contributed by atoms with Gasteiger partial charge < -0.3 is 10.4 Å². The third kappa shape index (κ3) is 3.24. The lowest BCUT2D eigenvalue weighted by Crippen LogP contribution is -2.45. The van der Waals surface area contributed by atoms with Crippen molar-refractivity contribution in [2.24, 2.45) is 4.99 Å². The molecule has 0 unspecified atom stereocenters. The number of aromatic nitrogens is 1. The molecular weight excluding hydrogens is 308 g/mol. The zero-order valence-electron chi connectivity index (χ0n) is 8.98. The average Bonchev–Trinajstić information content (AvgIpc) is 2.64. The Bertz CT molecular complexity index is 462. The zero-order chi connectivity index (χ0) is 12.4. The van der Waals surface area contributed by atoms with Gasteiger partial charge in [0, 0.05) is 6.42 Å². The van der Waals surface area contributed by atoms with Crippen molar-refractivity contribution < 1.29 is 9.90 Å². The highest BCUT2D eigenvalue weighted by atomic mass is 79.9. The second kappa shape index (κ2) is 5.11. The number of hydrogen-bond donors (Lipinski definition) is 3. The van der Waals surface area contributed by atoms with E-state index in [0.717, 1.165) is 16.0 Å². The summed E-state index contributed by atoms with van der Waals surface area (Å²) in [4.78, 5) is 19.2. The number of aromatic carboxylic acids is 1. The largest absolute Gasteiger partial charge is 0.477 e. The van der Waals surface area contributed by atoms with E-state index in [9.17, 15) is 4.79 Å². The number of carbonyl (C=O) groups is 1. The summed E-state index contributed by atoms with van der Waals surface area (Å²) >= 11 is 4.49. The number of aliphatic imine (C=N–C) groups is 1. The van der Waals surface area contributed by atoms with Crippen LogP contribution in [-0.2, 0) is 0 Å². The first kappa shape index (κ1) is 12.5. The van der Waals surface area contributed by atoms with Crippen molar-refractivity contribution in [2.75, 3.05) is 5.32 Å². The van der Waals surface area contributed by atoms with Crippen molar-refractivity contribution in [1.82, 2.24) is 10.3 Å². The molecule has 0 fully saturated rings. The van der Waals surface area contributed by atoms with E-state index in [1.807, 2.05) is 6.92 Å². The maximum Gasteiger partial charge on any atom is 0.347 e. The maximum absolute atomic E-state index is 10.7. The van der Waals surface area contributed by atoms with Crippen LogP contribution in [0.15, 0.2) is 11.2 Å². The number of rotatable bonds is 3. The lowest BCUT2D eigenvalue weighted by molar-refractivity contribution is 0.0702. The van der Waals surface area contributed by atoms with Crippen molar-refractivity contribution in [3.8, 4) is 0 Å². The van der Waals surface area contributed by atoms with Gasteiger partial charge in [-0.25, -0.2) is 9.78 Å². The lowest BCUT2D eigenvalue weighted by atomic mass is 10.3. The van der Waals surface area contributed by atoms with Gasteiger partial charge in [0.25, 0.3) is 0 Å². The Labute approximate surface area is 110 Å². The predicted octanol–water partition coefficient (Wildman–Crippen LogP) is 1.71. The summed E-state index contributed by atoms with van der Waals surface area (Å²) in [6, 6.07) is 0. The number of hydrogen-bond acceptors (Lipinski definition) is 6. The Hall–Kier alpha value is -0.990. The van der Waals surface area contributed by atoms with Crippen molar-refractivity contribution in [2.45, 2.75) is 25.7 Å². The van der Waals surface area contributed by atoms with Gasteiger partial charge in [-0.15, -0.1) is 0 Å². The molecule has 2 rings (SSSR count). The summed E-state index contributed by atoms with van der Waals surface area (Å²) in [6.07, 6.45) is 2.08. The fourth-order valence-electron chi connectivity index (χ4n) is 1.50. The van der Waals surface area contributed by atoms with Gasteiger partial charge in [0.05, 0.1) is 23.1 Å². The first-order valence-corrected chi connectivity index (χ1v) is 6.59. The standard InChI is InChI=1S/C9H11BrN4O2S/c1-4-12-6(10)2-7(13-4)14-9-11-3-5(17-9)8(15)16/h3-4,7,13H,2H2,1H3,(H,11,14)(H,15,16)/t4-,7+/m1/s1. The molecule has 17 heavy (non-hydrogen) atoms. The monoisotopic (exact) mass is 318 g/mol. The highest BCUT2D eigenvalue weighted by Crippen LogP contribution is 2.20. The number of carboxylic acid groups (broad SMARTS) is 1. The van der Waals surface area contributed by atoms with Gasteiger partial charge >= 0.3 is 5.97 Å². The summed E-state index contributed by atoms with van der Waals surface area (Å²) in [5.74, 6) is -0.955. The Balaban J connectivity index is 2.01. The van der Waals surface area contributed by atoms with Crippen LogP contribution in [0.5, 0.6) is 0 Å². The normalized spacial score (nSPS) is 24.2. The van der Waals surface area contributed by atoms with Gasteiger partial charge in [-0.3, -0.25) is 10.3 Å². The molecule has 2 atom stereocenters. The quantitative estimate of drug-likeness (QED) is 0.789. The molecule has 2 heterocycles. The predicted molar refractivity (Wildman–Crippen MR) is 70.1 cm³/mol. The molecule has 6 nitrogen and oxygen atoms in total. The van der Waals surface area contributed by atoms with Gasteiger partial charge in [-0.2, -0.15) is 0 Å². The molecule has 0 aliphatic carbocycles. The van der Waals surface area contributed by atoms with Gasteiger partial charge in [0.2, 0.25) is 0 Å².